The molecule has 0 amide bonds. The van der Waals surface area contributed by atoms with Gasteiger partial charge in [-0.1, -0.05) is 52.9 Å². The molecule has 0 radical (unpaired) electrons. The van der Waals surface area contributed by atoms with Crippen LogP contribution in [0.25, 0.3) is 33.4 Å². The Bertz CT molecular complexity index is 1340. The monoisotopic (exact) mass is 479 g/mol. The third-order valence-electron chi connectivity index (χ3n) is 4.80. The second kappa shape index (κ2) is 12.0. The molecular weight excluding hydrogens is 450 g/mol. The molecule has 2 aromatic carbocycles. The van der Waals surface area contributed by atoms with Crippen LogP contribution >= 0.6 is 12.2 Å². The number of anilines is 1. The Labute approximate surface area is 204 Å². The number of hydrogen-bond acceptors (Lipinski definition) is 5. The molecule has 178 valence electrons. The third-order valence-corrected chi connectivity index (χ3v) is 5.19. The zero-order chi connectivity index (χ0) is 25.4. The lowest BCUT2D eigenvalue weighted by Gasteiger charge is -2.17. The molecule has 0 spiro atoms. The van der Waals surface area contributed by atoms with Gasteiger partial charge in [-0.2, -0.15) is 0 Å². The summed E-state index contributed by atoms with van der Waals surface area (Å²) >= 11 is 5.20. The normalized spacial score (nSPS) is 10.0. The molecular formula is C27H29NO5S. The van der Waals surface area contributed by atoms with Gasteiger partial charge in [0.1, 0.15) is 17.1 Å². The SMILES string of the molecule is CC.CC.CCC(=S)Nc1ccc(-c2c3ccc(=O)cc-3oc3cc(O)ccc23)c(C(=O)O)c1. The molecule has 0 fully saturated rings. The third kappa shape index (κ3) is 5.61. The standard InChI is InChI=1S/C23H17NO5S.2C2H6/c1-2-21(30)24-12-3-6-15(18(9-12)23(27)28)22-16-7-4-13(25)10-19(16)29-20-11-14(26)5-8-17(20)22;2*1-2/h3-11,25H,2H2,1H3,(H,24,30)(H,27,28);2*1-2H3. The van der Waals surface area contributed by atoms with E-state index in [1.807, 2.05) is 34.6 Å². The summed E-state index contributed by atoms with van der Waals surface area (Å²) in [6.45, 7) is 9.91. The maximum absolute atomic E-state index is 12.1. The van der Waals surface area contributed by atoms with E-state index in [-0.39, 0.29) is 16.7 Å². The molecule has 34 heavy (non-hydrogen) atoms. The largest absolute Gasteiger partial charge is 0.508 e. The summed E-state index contributed by atoms with van der Waals surface area (Å²) in [7, 11) is 0. The van der Waals surface area contributed by atoms with Crippen LogP contribution in [-0.2, 0) is 0 Å². The average Bonchev–Trinajstić information content (AvgIpc) is 2.84. The Hall–Kier alpha value is -3.71. The first-order valence-corrected chi connectivity index (χ1v) is 11.7. The average molecular weight is 480 g/mol. The minimum Gasteiger partial charge on any atom is -0.508 e. The molecule has 1 aliphatic carbocycles. The smallest absolute Gasteiger partial charge is 0.336 e. The van der Waals surface area contributed by atoms with Crippen LogP contribution in [0.15, 0.2) is 63.8 Å². The van der Waals surface area contributed by atoms with Crippen molar-refractivity contribution in [3.05, 3.63) is 70.4 Å². The first kappa shape index (κ1) is 26.5. The van der Waals surface area contributed by atoms with Gasteiger partial charge in [0.05, 0.1) is 10.6 Å². The topological polar surface area (TPSA) is 99.8 Å². The van der Waals surface area contributed by atoms with Crippen molar-refractivity contribution in [3.8, 4) is 28.2 Å². The summed E-state index contributed by atoms with van der Waals surface area (Å²) in [6, 6.07) is 14.0. The Kier molecular flexibility index (Phi) is 9.33. The maximum Gasteiger partial charge on any atom is 0.336 e. The lowest BCUT2D eigenvalue weighted by Crippen LogP contribution is -2.09. The highest BCUT2D eigenvalue weighted by Crippen LogP contribution is 2.42. The lowest BCUT2D eigenvalue weighted by atomic mass is 9.90. The van der Waals surface area contributed by atoms with E-state index in [1.165, 1.54) is 30.3 Å². The highest BCUT2D eigenvalue weighted by molar-refractivity contribution is 7.80. The summed E-state index contributed by atoms with van der Waals surface area (Å²) in [5.74, 6) is -0.792. The zero-order valence-electron chi connectivity index (χ0n) is 19.9. The highest BCUT2D eigenvalue weighted by Gasteiger charge is 2.22. The molecule has 0 saturated heterocycles. The van der Waals surface area contributed by atoms with E-state index >= 15 is 0 Å². The van der Waals surface area contributed by atoms with Crippen LogP contribution in [0.5, 0.6) is 5.75 Å². The van der Waals surface area contributed by atoms with Crippen LogP contribution in [0, 0.1) is 0 Å². The molecule has 0 bridgehead atoms. The fraction of sp³-hybridized carbons (Fsp3) is 0.222. The van der Waals surface area contributed by atoms with E-state index in [0.29, 0.717) is 50.5 Å². The van der Waals surface area contributed by atoms with E-state index in [4.69, 9.17) is 16.6 Å². The molecule has 3 N–H and O–H groups in total. The quantitative estimate of drug-likeness (QED) is 0.211. The van der Waals surface area contributed by atoms with Crippen LogP contribution < -0.4 is 10.7 Å². The number of carboxylic acid groups (broad SMARTS) is 1. The Balaban J connectivity index is 0.000000970. The zero-order valence-corrected chi connectivity index (χ0v) is 20.7. The van der Waals surface area contributed by atoms with E-state index in [9.17, 15) is 19.8 Å². The number of thiocarbonyl (C=S) groups is 1. The van der Waals surface area contributed by atoms with Crippen LogP contribution in [0.4, 0.5) is 5.69 Å². The van der Waals surface area contributed by atoms with Crippen molar-refractivity contribution in [1.82, 2.24) is 0 Å². The van der Waals surface area contributed by atoms with Crippen molar-refractivity contribution in [3.63, 3.8) is 0 Å². The Morgan fingerprint density at radius 2 is 1.65 bits per heavy atom. The molecule has 0 unspecified atom stereocenters. The van der Waals surface area contributed by atoms with Gasteiger partial charge in [-0.05, 0) is 48.4 Å². The van der Waals surface area contributed by atoms with Gasteiger partial charge in [0.25, 0.3) is 0 Å². The molecule has 2 aliphatic rings. The maximum atomic E-state index is 12.1. The Morgan fingerprint density at radius 3 is 2.29 bits per heavy atom. The number of fused-ring (bicyclic) bond motifs is 2. The number of aromatic hydroxyl groups is 1. The van der Waals surface area contributed by atoms with Gasteiger partial charge in [-0.25, -0.2) is 4.79 Å². The van der Waals surface area contributed by atoms with Crippen LogP contribution in [0.2, 0.25) is 0 Å². The fourth-order valence-electron chi connectivity index (χ4n) is 3.42. The molecule has 6 nitrogen and oxygen atoms in total. The van der Waals surface area contributed by atoms with E-state index in [2.05, 4.69) is 5.32 Å². The van der Waals surface area contributed by atoms with Gasteiger partial charge >= 0.3 is 5.97 Å². The van der Waals surface area contributed by atoms with Gasteiger partial charge < -0.3 is 19.9 Å². The second-order valence-corrected chi connectivity index (χ2v) is 7.28. The van der Waals surface area contributed by atoms with Crippen molar-refractivity contribution >= 4 is 39.8 Å². The number of benzene rings is 3. The summed E-state index contributed by atoms with van der Waals surface area (Å²) in [4.78, 5) is 24.6. The molecule has 2 aromatic rings. The van der Waals surface area contributed by atoms with Crippen molar-refractivity contribution in [2.45, 2.75) is 41.0 Å². The second-order valence-electron chi connectivity index (χ2n) is 6.78. The van der Waals surface area contributed by atoms with Crippen molar-refractivity contribution in [1.29, 1.82) is 0 Å². The van der Waals surface area contributed by atoms with Gasteiger partial charge in [0.2, 0.25) is 0 Å². The number of rotatable bonds is 4. The van der Waals surface area contributed by atoms with E-state index in [0.717, 1.165) is 0 Å². The predicted octanol–water partition coefficient (Wildman–Crippen LogP) is 7.17. The van der Waals surface area contributed by atoms with Gasteiger partial charge in [-0.15, -0.1) is 0 Å². The minimum atomic E-state index is -1.10. The molecule has 1 heterocycles. The number of nitrogens with one attached hydrogen (secondary N) is 1. The van der Waals surface area contributed by atoms with E-state index < -0.39 is 5.97 Å². The number of carbonyl (C=O) groups is 1. The molecule has 0 saturated carbocycles. The summed E-state index contributed by atoms with van der Waals surface area (Å²) < 4.78 is 5.82. The minimum absolute atomic E-state index is 0.000844. The summed E-state index contributed by atoms with van der Waals surface area (Å²) in [6.07, 6.45) is 0.635. The Morgan fingerprint density at radius 1 is 0.971 bits per heavy atom. The van der Waals surface area contributed by atoms with Gasteiger partial charge in [-0.3, -0.25) is 4.79 Å². The molecule has 7 heteroatoms. The number of aromatic carboxylic acids is 1. The van der Waals surface area contributed by atoms with Crippen LogP contribution in [0.3, 0.4) is 0 Å². The van der Waals surface area contributed by atoms with Crippen LogP contribution in [0.1, 0.15) is 51.4 Å². The molecule has 0 atom stereocenters. The van der Waals surface area contributed by atoms with Crippen molar-refractivity contribution < 1.29 is 19.4 Å². The van der Waals surface area contributed by atoms with E-state index in [1.54, 1.807) is 24.3 Å². The first-order valence-electron chi connectivity index (χ1n) is 11.2. The van der Waals surface area contributed by atoms with Gasteiger partial charge in [0.15, 0.2) is 5.43 Å². The van der Waals surface area contributed by atoms with Crippen molar-refractivity contribution in [2.75, 3.05) is 5.32 Å². The first-order chi connectivity index (χ1) is 16.4. The van der Waals surface area contributed by atoms with Crippen LogP contribution in [-0.4, -0.2) is 21.2 Å². The summed E-state index contributed by atoms with van der Waals surface area (Å²) in [5.41, 5.74) is 2.43. The molecule has 4 rings (SSSR count). The predicted molar refractivity (Wildman–Crippen MR) is 142 cm³/mol. The van der Waals surface area contributed by atoms with Gasteiger partial charge in [0, 0.05) is 34.3 Å². The summed E-state index contributed by atoms with van der Waals surface area (Å²) in [5, 5.41) is 23.4. The van der Waals surface area contributed by atoms with Crippen molar-refractivity contribution in [2.24, 2.45) is 0 Å². The number of phenolic OH excluding ortho intramolecular Hbond substituents is 1. The number of phenols is 1. The molecule has 1 aliphatic heterocycles. The fourth-order valence-corrected chi connectivity index (χ4v) is 3.53. The lowest BCUT2D eigenvalue weighted by molar-refractivity contribution is 0.0697. The number of carboxylic acids is 1. The highest BCUT2D eigenvalue weighted by atomic mass is 32.1. The molecule has 0 aromatic heterocycles. The number of hydrogen-bond donors (Lipinski definition) is 3.